The fourth-order valence-electron chi connectivity index (χ4n) is 2.84. The summed E-state index contributed by atoms with van der Waals surface area (Å²) in [6, 6.07) is 10.6. The van der Waals surface area contributed by atoms with Gasteiger partial charge in [-0.2, -0.15) is 0 Å². The third kappa shape index (κ3) is 5.89. The summed E-state index contributed by atoms with van der Waals surface area (Å²) >= 11 is 1.36. The molecule has 144 valence electrons. The first kappa shape index (κ1) is 19.5. The summed E-state index contributed by atoms with van der Waals surface area (Å²) in [5, 5.41) is 7.53. The maximum atomic E-state index is 12.5. The molecule has 1 aromatic heterocycles. The molecule has 1 atom stereocenters. The molecule has 3 rings (SSSR count). The number of anilines is 1. The van der Waals surface area contributed by atoms with Gasteiger partial charge in [0, 0.05) is 19.8 Å². The van der Waals surface area contributed by atoms with Crippen molar-refractivity contribution in [3.8, 4) is 0 Å². The van der Waals surface area contributed by atoms with Crippen molar-refractivity contribution in [1.29, 1.82) is 0 Å². The van der Waals surface area contributed by atoms with Gasteiger partial charge in [0.05, 0.1) is 28.8 Å². The Hall–Kier alpha value is -2.22. The predicted molar refractivity (Wildman–Crippen MR) is 105 cm³/mol. The average molecular weight is 388 g/mol. The van der Waals surface area contributed by atoms with E-state index in [1.807, 2.05) is 11.4 Å². The molecule has 0 bridgehead atoms. The molecule has 2 N–H and O–H groups in total. The fourth-order valence-corrected chi connectivity index (χ4v) is 3.46. The van der Waals surface area contributed by atoms with Crippen LogP contribution in [0.1, 0.15) is 39.3 Å². The lowest BCUT2D eigenvalue weighted by atomic mass is 10.1. The Morgan fingerprint density at radius 2 is 2.07 bits per heavy atom. The van der Waals surface area contributed by atoms with Crippen molar-refractivity contribution in [3.63, 3.8) is 0 Å². The van der Waals surface area contributed by atoms with E-state index >= 15 is 0 Å². The lowest BCUT2D eigenvalue weighted by molar-refractivity contribution is 0.0166. The van der Waals surface area contributed by atoms with Gasteiger partial charge in [-0.15, -0.1) is 11.3 Å². The summed E-state index contributed by atoms with van der Waals surface area (Å²) in [5.74, 6) is -0.427. The number of benzene rings is 1. The lowest BCUT2D eigenvalue weighted by Gasteiger charge is -2.12. The number of hydrogen-bond donors (Lipinski definition) is 2. The Labute approximate surface area is 162 Å². The topological polar surface area (TPSA) is 76.7 Å². The molecule has 0 radical (unpaired) electrons. The van der Waals surface area contributed by atoms with E-state index in [9.17, 15) is 9.59 Å². The van der Waals surface area contributed by atoms with Gasteiger partial charge in [0.1, 0.15) is 0 Å². The van der Waals surface area contributed by atoms with Crippen LogP contribution in [0.5, 0.6) is 0 Å². The van der Waals surface area contributed by atoms with Crippen LogP contribution in [0.4, 0.5) is 5.69 Å². The third-order valence-electron chi connectivity index (χ3n) is 4.24. The highest BCUT2D eigenvalue weighted by atomic mass is 32.1. The van der Waals surface area contributed by atoms with Gasteiger partial charge in [0.2, 0.25) is 0 Å². The van der Waals surface area contributed by atoms with Crippen molar-refractivity contribution in [3.05, 3.63) is 52.2 Å². The zero-order valence-electron chi connectivity index (χ0n) is 15.1. The highest BCUT2D eigenvalue weighted by Gasteiger charge is 2.16. The summed E-state index contributed by atoms with van der Waals surface area (Å²) in [6.07, 6.45) is 3.11. The Balaban J connectivity index is 1.43. The maximum Gasteiger partial charge on any atom is 0.265 e. The number of carbonyl (C=O) groups is 2. The summed E-state index contributed by atoms with van der Waals surface area (Å²) in [4.78, 5) is 25.3. The number of thiophene rings is 1. The van der Waals surface area contributed by atoms with Crippen molar-refractivity contribution >= 4 is 28.8 Å². The molecule has 1 aliphatic rings. The second kappa shape index (κ2) is 10.2. The van der Waals surface area contributed by atoms with E-state index in [-0.39, 0.29) is 17.9 Å². The Kier molecular flexibility index (Phi) is 7.38. The normalized spacial score (nSPS) is 16.2. The van der Waals surface area contributed by atoms with Gasteiger partial charge in [-0.05, 0) is 42.8 Å². The summed E-state index contributed by atoms with van der Waals surface area (Å²) < 4.78 is 11.1. The zero-order valence-corrected chi connectivity index (χ0v) is 15.9. The number of nitrogens with one attached hydrogen (secondary N) is 2. The van der Waals surface area contributed by atoms with Crippen LogP contribution in [-0.4, -0.2) is 44.3 Å². The molecular formula is C20H24N2O4S. The molecule has 0 spiro atoms. The molecule has 7 heteroatoms. The lowest BCUT2D eigenvalue weighted by Crippen LogP contribution is -2.27. The molecule has 2 heterocycles. The quantitative estimate of drug-likeness (QED) is 0.646. The molecule has 1 unspecified atom stereocenters. The molecule has 6 nitrogen and oxygen atoms in total. The van der Waals surface area contributed by atoms with Gasteiger partial charge in [-0.25, -0.2) is 0 Å². The Morgan fingerprint density at radius 3 is 2.85 bits per heavy atom. The molecular weight excluding hydrogens is 364 g/mol. The molecule has 1 saturated heterocycles. The molecule has 2 aromatic rings. The fraction of sp³-hybridized carbons (Fsp3) is 0.400. The summed E-state index contributed by atoms with van der Waals surface area (Å²) in [5.41, 5.74) is 0.950. The minimum absolute atomic E-state index is 0.212. The minimum atomic E-state index is -0.215. The average Bonchev–Trinajstić information content (AvgIpc) is 3.38. The first-order chi connectivity index (χ1) is 13.2. The van der Waals surface area contributed by atoms with Gasteiger partial charge < -0.3 is 20.1 Å². The van der Waals surface area contributed by atoms with E-state index in [4.69, 9.17) is 9.47 Å². The van der Waals surface area contributed by atoms with Crippen molar-refractivity contribution < 1.29 is 19.1 Å². The van der Waals surface area contributed by atoms with Crippen LogP contribution in [0, 0.1) is 0 Å². The molecule has 27 heavy (non-hydrogen) atoms. The van der Waals surface area contributed by atoms with E-state index in [0.29, 0.717) is 35.9 Å². The van der Waals surface area contributed by atoms with E-state index in [1.165, 1.54) is 11.3 Å². The molecule has 2 amide bonds. The van der Waals surface area contributed by atoms with Crippen LogP contribution in [0.25, 0.3) is 0 Å². The van der Waals surface area contributed by atoms with Crippen LogP contribution in [0.15, 0.2) is 41.8 Å². The minimum Gasteiger partial charge on any atom is -0.379 e. The second-order valence-corrected chi connectivity index (χ2v) is 7.24. The van der Waals surface area contributed by atoms with E-state index in [2.05, 4.69) is 10.6 Å². The Bertz CT molecular complexity index is 742. The number of ether oxygens (including phenoxy) is 2. The van der Waals surface area contributed by atoms with Gasteiger partial charge in [-0.1, -0.05) is 18.2 Å². The van der Waals surface area contributed by atoms with Crippen LogP contribution >= 0.6 is 11.3 Å². The maximum absolute atomic E-state index is 12.5. The number of para-hydroxylation sites is 1. The molecule has 1 aromatic carbocycles. The van der Waals surface area contributed by atoms with Crippen LogP contribution < -0.4 is 10.6 Å². The highest BCUT2D eigenvalue weighted by Crippen LogP contribution is 2.18. The monoisotopic (exact) mass is 388 g/mol. The van der Waals surface area contributed by atoms with E-state index < -0.39 is 0 Å². The van der Waals surface area contributed by atoms with E-state index in [1.54, 1.807) is 30.3 Å². The van der Waals surface area contributed by atoms with Crippen molar-refractivity contribution in [2.45, 2.75) is 25.4 Å². The van der Waals surface area contributed by atoms with Crippen LogP contribution in [0.2, 0.25) is 0 Å². The SMILES string of the molecule is O=C(Nc1ccccc1C(=O)NCCCOCC1CCCO1)c1cccs1. The smallest absolute Gasteiger partial charge is 0.265 e. The molecule has 1 aliphatic heterocycles. The number of amides is 2. The largest absolute Gasteiger partial charge is 0.379 e. The number of carbonyl (C=O) groups excluding carboxylic acids is 2. The highest BCUT2D eigenvalue weighted by molar-refractivity contribution is 7.12. The van der Waals surface area contributed by atoms with Crippen molar-refractivity contribution in [2.24, 2.45) is 0 Å². The van der Waals surface area contributed by atoms with Crippen molar-refractivity contribution in [2.75, 3.05) is 31.7 Å². The number of hydrogen-bond acceptors (Lipinski definition) is 5. The van der Waals surface area contributed by atoms with Crippen molar-refractivity contribution in [1.82, 2.24) is 5.32 Å². The zero-order chi connectivity index (χ0) is 18.9. The summed E-state index contributed by atoms with van der Waals surface area (Å²) in [6.45, 7) is 2.53. The van der Waals surface area contributed by atoms with Gasteiger partial charge in [0.25, 0.3) is 11.8 Å². The predicted octanol–water partition coefficient (Wildman–Crippen LogP) is 3.32. The van der Waals surface area contributed by atoms with Gasteiger partial charge in [0.15, 0.2) is 0 Å². The molecule has 1 fully saturated rings. The van der Waals surface area contributed by atoms with Gasteiger partial charge >= 0.3 is 0 Å². The van der Waals surface area contributed by atoms with E-state index in [0.717, 1.165) is 25.9 Å². The van der Waals surface area contributed by atoms with Crippen LogP contribution in [-0.2, 0) is 9.47 Å². The first-order valence-electron chi connectivity index (χ1n) is 9.15. The molecule has 0 aliphatic carbocycles. The second-order valence-electron chi connectivity index (χ2n) is 6.30. The number of rotatable bonds is 9. The standard InChI is InChI=1S/C20H24N2O4S/c23-19(21-10-5-11-25-14-15-6-3-12-26-15)16-7-1-2-8-17(16)22-20(24)18-9-4-13-27-18/h1-2,4,7-9,13,15H,3,5-6,10-12,14H2,(H,21,23)(H,22,24). The van der Waals surface area contributed by atoms with Crippen LogP contribution in [0.3, 0.4) is 0 Å². The van der Waals surface area contributed by atoms with Gasteiger partial charge in [-0.3, -0.25) is 9.59 Å². The third-order valence-corrected chi connectivity index (χ3v) is 5.11. The first-order valence-corrected chi connectivity index (χ1v) is 10.0. The molecule has 0 saturated carbocycles. The summed E-state index contributed by atoms with van der Waals surface area (Å²) in [7, 11) is 0. The Morgan fingerprint density at radius 1 is 1.19 bits per heavy atom.